The third-order valence-corrected chi connectivity index (χ3v) is 4.12. The van der Waals surface area contributed by atoms with Gasteiger partial charge in [0, 0.05) is 31.5 Å². The topological polar surface area (TPSA) is 77.3 Å². The molecule has 0 bridgehead atoms. The standard InChI is InChI=1S/C16H16N4O3/c21-16(13-9-15(23-18-13)14-4-2-8-22-14)19-6-1-3-12(10-19)20-7-5-17-11-20/h2,4-5,7-9,11-12H,1,3,6,10H2/t12-/m1/s1. The summed E-state index contributed by atoms with van der Waals surface area (Å²) in [6.45, 7) is 1.38. The van der Waals surface area contributed by atoms with E-state index in [1.54, 1.807) is 37.0 Å². The molecule has 0 spiro atoms. The van der Waals surface area contributed by atoms with Crippen molar-refractivity contribution in [1.29, 1.82) is 0 Å². The molecular formula is C16H16N4O3. The molecular weight excluding hydrogens is 296 g/mol. The minimum atomic E-state index is -0.114. The van der Waals surface area contributed by atoms with E-state index in [0.717, 1.165) is 19.4 Å². The van der Waals surface area contributed by atoms with Crippen LogP contribution in [0.15, 0.2) is 52.1 Å². The van der Waals surface area contributed by atoms with Gasteiger partial charge < -0.3 is 18.4 Å². The Morgan fingerprint density at radius 1 is 1.35 bits per heavy atom. The van der Waals surface area contributed by atoms with Crippen molar-refractivity contribution in [3.8, 4) is 11.5 Å². The van der Waals surface area contributed by atoms with E-state index < -0.39 is 0 Å². The second-order valence-electron chi connectivity index (χ2n) is 5.61. The lowest BCUT2D eigenvalue weighted by atomic mass is 10.1. The van der Waals surface area contributed by atoms with E-state index in [2.05, 4.69) is 14.7 Å². The lowest BCUT2D eigenvalue weighted by molar-refractivity contribution is 0.0669. The van der Waals surface area contributed by atoms with Crippen LogP contribution in [-0.4, -0.2) is 38.6 Å². The van der Waals surface area contributed by atoms with E-state index in [9.17, 15) is 4.79 Å². The van der Waals surface area contributed by atoms with Gasteiger partial charge in [-0.2, -0.15) is 0 Å². The van der Waals surface area contributed by atoms with E-state index in [0.29, 0.717) is 23.8 Å². The molecule has 4 rings (SSSR count). The highest BCUT2D eigenvalue weighted by atomic mass is 16.5. The van der Waals surface area contributed by atoms with Crippen molar-refractivity contribution < 1.29 is 13.7 Å². The Balaban J connectivity index is 1.50. The van der Waals surface area contributed by atoms with E-state index in [1.165, 1.54) is 0 Å². The number of rotatable bonds is 3. The van der Waals surface area contributed by atoms with Gasteiger partial charge in [0.1, 0.15) is 0 Å². The lowest BCUT2D eigenvalue weighted by Gasteiger charge is -2.32. The average Bonchev–Trinajstić information content (AvgIpc) is 3.36. The number of carbonyl (C=O) groups is 1. The van der Waals surface area contributed by atoms with Crippen LogP contribution in [0.3, 0.4) is 0 Å². The number of furan rings is 1. The number of amides is 1. The third kappa shape index (κ3) is 2.65. The molecule has 0 aromatic carbocycles. The van der Waals surface area contributed by atoms with Crippen molar-refractivity contribution in [3.05, 3.63) is 48.9 Å². The van der Waals surface area contributed by atoms with Crippen LogP contribution in [0.4, 0.5) is 0 Å². The van der Waals surface area contributed by atoms with Gasteiger partial charge in [-0.15, -0.1) is 0 Å². The number of likely N-dealkylation sites (tertiary alicyclic amines) is 1. The number of nitrogens with zero attached hydrogens (tertiary/aromatic N) is 4. The van der Waals surface area contributed by atoms with Gasteiger partial charge in [0.05, 0.1) is 18.6 Å². The molecule has 1 amide bonds. The molecule has 1 saturated heterocycles. The predicted octanol–water partition coefficient (Wildman–Crippen LogP) is 2.61. The van der Waals surface area contributed by atoms with Gasteiger partial charge in [-0.3, -0.25) is 4.79 Å². The highest BCUT2D eigenvalue weighted by molar-refractivity contribution is 5.93. The van der Waals surface area contributed by atoms with Crippen LogP contribution in [0.5, 0.6) is 0 Å². The first-order valence-electron chi connectivity index (χ1n) is 7.58. The van der Waals surface area contributed by atoms with Crippen LogP contribution in [0.25, 0.3) is 11.5 Å². The first-order chi connectivity index (χ1) is 11.3. The molecule has 3 aromatic heterocycles. The van der Waals surface area contributed by atoms with Crippen LogP contribution in [-0.2, 0) is 0 Å². The Labute approximate surface area is 132 Å². The molecule has 0 unspecified atom stereocenters. The number of carbonyl (C=O) groups excluding carboxylic acids is 1. The molecule has 3 aromatic rings. The summed E-state index contributed by atoms with van der Waals surface area (Å²) in [7, 11) is 0. The summed E-state index contributed by atoms with van der Waals surface area (Å²) in [5.41, 5.74) is 0.308. The molecule has 1 aliphatic heterocycles. The molecule has 0 radical (unpaired) electrons. The summed E-state index contributed by atoms with van der Waals surface area (Å²) in [5.74, 6) is 0.907. The first kappa shape index (κ1) is 13.8. The molecule has 0 aliphatic carbocycles. The highest BCUT2D eigenvalue weighted by Gasteiger charge is 2.27. The van der Waals surface area contributed by atoms with Gasteiger partial charge in [0.15, 0.2) is 11.5 Å². The number of hydrogen-bond acceptors (Lipinski definition) is 5. The number of hydrogen-bond donors (Lipinski definition) is 0. The molecule has 7 nitrogen and oxygen atoms in total. The van der Waals surface area contributed by atoms with Gasteiger partial charge in [-0.05, 0) is 25.0 Å². The van der Waals surface area contributed by atoms with Crippen molar-refractivity contribution >= 4 is 5.91 Å². The molecule has 0 saturated carbocycles. The fourth-order valence-corrected chi connectivity index (χ4v) is 2.94. The summed E-state index contributed by atoms with van der Waals surface area (Å²) in [5, 5.41) is 3.89. The van der Waals surface area contributed by atoms with Crippen LogP contribution in [0.2, 0.25) is 0 Å². The van der Waals surface area contributed by atoms with Crippen molar-refractivity contribution in [2.45, 2.75) is 18.9 Å². The molecule has 118 valence electrons. The number of aromatic nitrogens is 3. The molecule has 1 atom stereocenters. The largest absolute Gasteiger partial charge is 0.461 e. The second-order valence-corrected chi connectivity index (χ2v) is 5.61. The second kappa shape index (κ2) is 5.75. The highest BCUT2D eigenvalue weighted by Crippen LogP contribution is 2.24. The Morgan fingerprint density at radius 2 is 2.30 bits per heavy atom. The summed E-state index contributed by atoms with van der Waals surface area (Å²) in [6.07, 6.45) is 9.04. The average molecular weight is 312 g/mol. The third-order valence-electron chi connectivity index (χ3n) is 4.12. The van der Waals surface area contributed by atoms with E-state index in [1.807, 2.05) is 11.1 Å². The monoisotopic (exact) mass is 312 g/mol. The first-order valence-corrected chi connectivity index (χ1v) is 7.58. The van der Waals surface area contributed by atoms with Gasteiger partial charge in [0.2, 0.25) is 5.76 Å². The predicted molar refractivity (Wildman–Crippen MR) is 80.6 cm³/mol. The minimum absolute atomic E-state index is 0.114. The number of imidazole rings is 1. The maximum atomic E-state index is 12.6. The SMILES string of the molecule is O=C(c1cc(-c2ccco2)on1)N1CCC[C@@H](n2ccnc2)C1. The van der Waals surface area contributed by atoms with Crippen molar-refractivity contribution in [1.82, 2.24) is 19.6 Å². The Morgan fingerprint density at radius 3 is 3.09 bits per heavy atom. The summed E-state index contributed by atoms with van der Waals surface area (Å²) >= 11 is 0. The minimum Gasteiger partial charge on any atom is -0.461 e. The van der Waals surface area contributed by atoms with E-state index >= 15 is 0 Å². The lowest BCUT2D eigenvalue weighted by Crippen LogP contribution is -2.40. The van der Waals surface area contributed by atoms with Crippen LogP contribution >= 0.6 is 0 Å². The van der Waals surface area contributed by atoms with Crippen LogP contribution in [0.1, 0.15) is 29.4 Å². The zero-order chi connectivity index (χ0) is 15.6. The van der Waals surface area contributed by atoms with E-state index in [4.69, 9.17) is 8.94 Å². The quantitative estimate of drug-likeness (QED) is 0.743. The zero-order valence-electron chi connectivity index (χ0n) is 12.5. The summed E-state index contributed by atoms with van der Waals surface area (Å²) in [6, 6.07) is 5.42. The molecule has 7 heteroatoms. The normalized spacial score (nSPS) is 18.3. The van der Waals surface area contributed by atoms with Gasteiger partial charge >= 0.3 is 0 Å². The van der Waals surface area contributed by atoms with Crippen LogP contribution < -0.4 is 0 Å². The van der Waals surface area contributed by atoms with Gasteiger partial charge in [-0.25, -0.2) is 4.98 Å². The van der Waals surface area contributed by atoms with Crippen molar-refractivity contribution in [2.24, 2.45) is 0 Å². The molecule has 4 heterocycles. The molecule has 1 fully saturated rings. The Hall–Kier alpha value is -2.83. The van der Waals surface area contributed by atoms with Crippen LogP contribution in [0, 0.1) is 0 Å². The fourth-order valence-electron chi connectivity index (χ4n) is 2.94. The smallest absolute Gasteiger partial charge is 0.276 e. The maximum Gasteiger partial charge on any atom is 0.276 e. The van der Waals surface area contributed by atoms with Gasteiger partial charge in [-0.1, -0.05) is 5.16 Å². The van der Waals surface area contributed by atoms with Gasteiger partial charge in [0.25, 0.3) is 5.91 Å². The fraction of sp³-hybridized carbons (Fsp3) is 0.312. The maximum absolute atomic E-state index is 12.6. The number of piperidine rings is 1. The zero-order valence-corrected chi connectivity index (χ0v) is 12.5. The van der Waals surface area contributed by atoms with Crippen molar-refractivity contribution in [2.75, 3.05) is 13.1 Å². The Bertz CT molecular complexity index is 776. The molecule has 23 heavy (non-hydrogen) atoms. The summed E-state index contributed by atoms with van der Waals surface area (Å²) in [4.78, 5) is 18.5. The molecule has 0 N–H and O–H groups in total. The molecule has 1 aliphatic rings. The Kier molecular flexibility index (Phi) is 3.45. The van der Waals surface area contributed by atoms with E-state index in [-0.39, 0.29) is 11.9 Å². The van der Waals surface area contributed by atoms with Crippen molar-refractivity contribution in [3.63, 3.8) is 0 Å². The summed E-state index contributed by atoms with van der Waals surface area (Å²) < 4.78 is 12.5.